The third-order valence-electron chi connectivity index (χ3n) is 5.80. The Kier molecular flexibility index (Phi) is 7.04. The standard InChI is InChI=1S/C25H31N5O3S/c1-5-33-23-11-10-22(16-19(23)3)34(31,32)30-14-12-29(13-15-30)25-17-24(26-20(4)27-25)28-21-8-6-18(2)7-9-21/h6-11,16-17H,5,12-15H2,1-4H3,(H,26,27,28). The molecule has 0 spiro atoms. The zero-order chi connectivity index (χ0) is 24.3. The monoisotopic (exact) mass is 481 g/mol. The number of piperazine rings is 1. The van der Waals surface area contributed by atoms with Gasteiger partial charge in [0, 0.05) is 37.9 Å². The molecule has 34 heavy (non-hydrogen) atoms. The summed E-state index contributed by atoms with van der Waals surface area (Å²) in [7, 11) is -3.58. The smallest absolute Gasteiger partial charge is 0.243 e. The molecule has 1 fully saturated rings. The van der Waals surface area contributed by atoms with Crippen LogP contribution in [0.4, 0.5) is 17.3 Å². The fourth-order valence-corrected chi connectivity index (χ4v) is 5.48. The van der Waals surface area contributed by atoms with Gasteiger partial charge >= 0.3 is 0 Å². The number of sulfonamides is 1. The van der Waals surface area contributed by atoms with E-state index in [-0.39, 0.29) is 0 Å². The summed E-state index contributed by atoms with van der Waals surface area (Å²) in [4.78, 5) is 11.5. The zero-order valence-corrected chi connectivity index (χ0v) is 20.9. The fourth-order valence-electron chi connectivity index (χ4n) is 3.97. The lowest BCUT2D eigenvalue weighted by molar-refractivity contribution is 0.337. The highest BCUT2D eigenvalue weighted by atomic mass is 32.2. The molecule has 0 bridgehead atoms. The van der Waals surface area contributed by atoms with E-state index in [4.69, 9.17) is 4.74 Å². The van der Waals surface area contributed by atoms with Gasteiger partial charge in [-0.15, -0.1) is 0 Å². The van der Waals surface area contributed by atoms with Crippen LogP contribution in [0, 0.1) is 20.8 Å². The zero-order valence-electron chi connectivity index (χ0n) is 20.1. The molecule has 1 aliphatic heterocycles. The average molecular weight is 482 g/mol. The van der Waals surface area contributed by atoms with E-state index in [9.17, 15) is 8.42 Å². The normalized spacial score (nSPS) is 14.8. The Morgan fingerprint density at radius 2 is 1.65 bits per heavy atom. The summed E-state index contributed by atoms with van der Waals surface area (Å²) >= 11 is 0. The van der Waals surface area contributed by atoms with Crippen molar-refractivity contribution in [3.63, 3.8) is 0 Å². The van der Waals surface area contributed by atoms with Gasteiger partial charge in [0.2, 0.25) is 10.0 Å². The minimum absolute atomic E-state index is 0.296. The van der Waals surface area contributed by atoms with Gasteiger partial charge in [-0.3, -0.25) is 0 Å². The highest BCUT2D eigenvalue weighted by molar-refractivity contribution is 7.89. The van der Waals surface area contributed by atoms with E-state index in [1.165, 1.54) is 9.87 Å². The van der Waals surface area contributed by atoms with E-state index in [2.05, 4.69) is 20.2 Å². The van der Waals surface area contributed by atoms with Crippen LogP contribution in [0.3, 0.4) is 0 Å². The van der Waals surface area contributed by atoms with E-state index in [0.717, 1.165) is 17.1 Å². The second-order valence-electron chi connectivity index (χ2n) is 8.40. The molecule has 0 unspecified atom stereocenters. The van der Waals surface area contributed by atoms with Crippen LogP contribution in [-0.2, 0) is 10.0 Å². The highest BCUT2D eigenvalue weighted by Crippen LogP contribution is 2.26. The quantitative estimate of drug-likeness (QED) is 0.545. The summed E-state index contributed by atoms with van der Waals surface area (Å²) < 4.78 is 33.5. The third kappa shape index (κ3) is 5.31. The maximum absolute atomic E-state index is 13.2. The van der Waals surface area contributed by atoms with Gasteiger partial charge in [-0.2, -0.15) is 4.31 Å². The lowest BCUT2D eigenvalue weighted by atomic mass is 10.2. The molecule has 0 saturated carbocycles. The Bertz CT molecular complexity index is 1250. The topological polar surface area (TPSA) is 87.7 Å². The van der Waals surface area contributed by atoms with E-state index < -0.39 is 10.0 Å². The molecule has 4 rings (SSSR count). The number of nitrogens with one attached hydrogen (secondary N) is 1. The first-order valence-electron chi connectivity index (χ1n) is 11.4. The number of aromatic nitrogens is 2. The van der Waals surface area contributed by atoms with Crippen molar-refractivity contribution in [3.05, 3.63) is 65.5 Å². The van der Waals surface area contributed by atoms with Gasteiger partial charge < -0.3 is 15.0 Å². The van der Waals surface area contributed by atoms with Crippen molar-refractivity contribution in [2.24, 2.45) is 0 Å². The molecule has 8 nitrogen and oxygen atoms in total. The van der Waals surface area contributed by atoms with Crippen molar-refractivity contribution in [1.82, 2.24) is 14.3 Å². The Morgan fingerprint density at radius 3 is 2.29 bits per heavy atom. The van der Waals surface area contributed by atoms with Gasteiger partial charge in [-0.05, 0) is 63.6 Å². The van der Waals surface area contributed by atoms with Crippen molar-refractivity contribution in [2.75, 3.05) is 43.0 Å². The molecule has 180 valence electrons. The first-order chi connectivity index (χ1) is 16.3. The molecular weight excluding hydrogens is 450 g/mol. The molecule has 2 heterocycles. The van der Waals surface area contributed by atoms with E-state index in [0.29, 0.717) is 55.1 Å². The van der Waals surface area contributed by atoms with Crippen LogP contribution in [-0.4, -0.2) is 55.5 Å². The largest absolute Gasteiger partial charge is 0.494 e. The second kappa shape index (κ2) is 9.99. The summed E-state index contributed by atoms with van der Waals surface area (Å²) in [5, 5.41) is 3.33. The maximum atomic E-state index is 13.2. The van der Waals surface area contributed by atoms with Crippen LogP contribution in [0.25, 0.3) is 0 Å². The van der Waals surface area contributed by atoms with Gasteiger partial charge in [-0.1, -0.05) is 17.7 Å². The number of aryl methyl sites for hydroxylation is 3. The van der Waals surface area contributed by atoms with Crippen LogP contribution >= 0.6 is 0 Å². The van der Waals surface area contributed by atoms with E-state index >= 15 is 0 Å². The lowest BCUT2D eigenvalue weighted by Crippen LogP contribution is -2.49. The van der Waals surface area contributed by atoms with Crippen molar-refractivity contribution >= 4 is 27.3 Å². The molecule has 1 aromatic heterocycles. The van der Waals surface area contributed by atoms with Crippen LogP contribution in [0.1, 0.15) is 23.9 Å². The second-order valence-corrected chi connectivity index (χ2v) is 10.3. The number of benzene rings is 2. The van der Waals surface area contributed by atoms with Gasteiger partial charge in [0.05, 0.1) is 11.5 Å². The summed E-state index contributed by atoms with van der Waals surface area (Å²) in [6.45, 7) is 10.1. The Balaban J connectivity index is 1.45. The highest BCUT2D eigenvalue weighted by Gasteiger charge is 2.29. The first-order valence-corrected chi connectivity index (χ1v) is 12.9. The van der Waals surface area contributed by atoms with Gasteiger partial charge in [0.1, 0.15) is 23.2 Å². The van der Waals surface area contributed by atoms with Crippen molar-refractivity contribution in [3.8, 4) is 5.75 Å². The summed E-state index contributed by atoms with van der Waals surface area (Å²) in [6, 6.07) is 15.1. The Morgan fingerprint density at radius 1 is 0.941 bits per heavy atom. The minimum atomic E-state index is -3.58. The molecule has 1 N–H and O–H groups in total. The van der Waals surface area contributed by atoms with Crippen molar-refractivity contribution in [1.29, 1.82) is 0 Å². The number of hydrogen-bond acceptors (Lipinski definition) is 7. The number of rotatable bonds is 7. The van der Waals surface area contributed by atoms with Crippen molar-refractivity contribution < 1.29 is 13.2 Å². The number of ether oxygens (including phenoxy) is 1. The van der Waals surface area contributed by atoms with Gasteiger partial charge in [0.25, 0.3) is 0 Å². The number of anilines is 3. The molecule has 1 saturated heterocycles. The van der Waals surface area contributed by atoms with Gasteiger partial charge in [0.15, 0.2) is 0 Å². The molecule has 9 heteroatoms. The fraction of sp³-hybridized carbons (Fsp3) is 0.360. The first kappa shape index (κ1) is 24.0. The summed E-state index contributed by atoms with van der Waals surface area (Å²) in [6.07, 6.45) is 0. The van der Waals surface area contributed by atoms with Crippen LogP contribution in [0.15, 0.2) is 53.4 Å². The van der Waals surface area contributed by atoms with Crippen LogP contribution < -0.4 is 15.0 Å². The average Bonchev–Trinajstić information content (AvgIpc) is 2.81. The lowest BCUT2D eigenvalue weighted by Gasteiger charge is -2.35. The van der Waals surface area contributed by atoms with Gasteiger partial charge in [-0.25, -0.2) is 18.4 Å². The SMILES string of the molecule is CCOc1ccc(S(=O)(=O)N2CCN(c3cc(Nc4ccc(C)cc4)nc(C)n3)CC2)cc1C. The summed E-state index contributed by atoms with van der Waals surface area (Å²) in [5.41, 5.74) is 2.96. The summed E-state index contributed by atoms with van der Waals surface area (Å²) in [5.74, 6) is 2.87. The number of nitrogens with zero attached hydrogens (tertiary/aromatic N) is 4. The third-order valence-corrected chi connectivity index (χ3v) is 7.69. The molecule has 0 radical (unpaired) electrons. The molecule has 1 aliphatic rings. The molecular formula is C25H31N5O3S. The minimum Gasteiger partial charge on any atom is -0.494 e. The predicted molar refractivity (Wildman–Crippen MR) is 135 cm³/mol. The van der Waals surface area contributed by atoms with Crippen LogP contribution in [0.2, 0.25) is 0 Å². The number of hydrogen-bond donors (Lipinski definition) is 1. The molecule has 2 aromatic carbocycles. The maximum Gasteiger partial charge on any atom is 0.243 e. The molecule has 3 aromatic rings. The molecule has 0 atom stereocenters. The molecule has 0 amide bonds. The molecule has 0 aliphatic carbocycles. The Labute approximate surface area is 201 Å². The van der Waals surface area contributed by atoms with Crippen LogP contribution in [0.5, 0.6) is 5.75 Å². The predicted octanol–water partition coefficient (Wildman–Crippen LogP) is 4.06. The van der Waals surface area contributed by atoms with Crippen molar-refractivity contribution in [2.45, 2.75) is 32.6 Å². The van der Waals surface area contributed by atoms with E-state index in [1.54, 1.807) is 18.2 Å². The van der Waals surface area contributed by atoms with E-state index in [1.807, 2.05) is 58.0 Å². The Hall–Kier alpha value is -3.17.